The van der Waals surface area contributed by atoms with Crippen LogP contribution in [0.25, 0.3) is 112 Å². The van der Waals surface area contributed by atoms with Crippen LogP contribution in [0, 0.1) is 0 Å². The molecule has 0 bridgehead atoms. The van der Waals surface area contributed by atoms with Crippen molar-refractivity contribution in [1.29, 1.82) is 0 Å². The topological polar surface area (TPSA) is 77.6 Å². The van der Waals surface area contributed by atoms with Crippen LogP contribution < -0.4 is 0 Å². The van der Waals surface area contributed by atoms with Crippen molar-refractivity contribution in [2.24, 2.45) is 0 Å². The van der Waals surface area contributed by atoms with Crippen LogP contribution in [0.4, 0.5) is 0 Å². The Labute approximate surface area is 340 Å². The van der Waals surface area contributed by atoms with Crippen molar-refractivity contribution < 1.29 is 4.42 Å². The lowest BCUT2D eigenvalue weighted by atomic mass is 9.96. The highest BCUT2D eigenvalue weighted by molar-refractivity contribution is 6.05. The number of benzene rings is 8. The van der Waals surface area contributed by atoms with Crippen LogP contribution in [0.5, 0.6) is 0 Å². The predicted octanol–water partition coefficient (Wildman–Crippen LogP) is 13.4. The lowest BCUT2D eigenvalue weighted by Crippen LogP contribution is -2.00. The van der Waals surface area contributed by atoms with E-state index in [2.05, 4.69) is 133 Å². The van der Waals surface area contributed by atoms with Crippen molar-refractivity contribution in [3.8, 4) is 78.7 Å². The first-order chi connectivity index (χ1) is 29.2. The Morgan fingerprint density at radius 2 is 0.644 bits per heavy atom. The Morgan fingerprint density at radius 3 is 1.19 bits per heavy atom. The molecule has 0 aliphatic rings. The third-order valence-electron chi connectivity index (χ3n) is 10.8. The Kier molecular flexibility index (Phi) is 8.37. The van der Waals surface area contributed by atoms with Gasteiger partial charge in [0.25, 0.3) is 0 Å². The standard InChI is InChI=1S/C53H33N5O/c1-3-10-34(11-4-1)35-22-26-40(27-23-35)51-56-50(39-12-5-2-6-13-39)57-52(58-51)41-28-24-37(25-29-41)43-15-9-14-42(32-43)36-18-20-38(21-19-36)44-30-31-48-45(33-44)49-53(59-48)55-47-17-8-7-16-46(47)54-49/h1-33H. The summed E-state index contributed by atoms with van der Waals surface area (Å²) in [5, 5.41) is 0.958. The van der Waals surface area contributed by atoms with E-state index in [0.29, 0.717) is 23.2 Å². The van der Waals surface area contributed by atoms with Crippen molar-refractivity contribution in [1.82, 2.24) is 24.9 Å². The highest BCUT2D eigenvalue weighted by atomic mass is 16.3. The van der Waals surface area contributed by atoms with E-state index in [-0.39, 0.29) is 0 Å². The number of furan rings is 1. The lowest BCUT2D eigenvalue weighted by Gasteiger charge is -2.10. The number of aromatic nitrogens is 5. The molecule has 8 aromatic carbocycles. The molecule has 0 atom stereocenters. The molecular formula is C53H33N5O. The minimum absolute atomic E-state index is 0.554. The molecule has 11 aromatic rings. The Balaban J connectivity index is 0.870. The first-order valence-corrected chi connectivity index (χ1v) is 19.6. The summed E-state index contributed by atoms with van der Waals surface area (Å²) in [4.78, 5) is 24.5. The Hall–Kier alpha value is -8.09. The maximum Gasteiger partial charge on any atom is 0.246 e. The van der Waals surface area contributed by atoms with Crippen LogP contribution >= 0.6 is 0 Å². The molecule has 0 spiro atoms. The zero-order valence-corrected chi connectivity index (χ0v) is 31.7. The van der Waals surface area contributed by atoms with Crippen LogP contribution in [0.3, 0.4) is 0 Å². The van der Waals surface area contributed by atoms with Gasteiger partial charge in [0.05, 0.1) is 11.0 Å². The second kappa shape index (κ2) is 14.4. The molecule has 0 saturated heterocycles. The molecule has 0 aliphatic carbocycles. The molecule has 0 radical (unpaired) electrons. The molecule has 0 fully saturated rings. The fourth-order valence-electron chi connectivity index (χ4n) is 7.66. The van der Waals surface area contributed by atoms with E-state index in [1.54, 1.807) is 0 Å². The summed E-state index contributed by atoms with van der Waals surface area (Å²) in [7, 11) is 0. The molecule has 3 aromatic heterocycles. The molecule has 6 nitrogen and oxygen atoms in total. The Morgan fingerprint density at radius 1 is 0.271 bits per heavy atom. The maximum atomic E-state index is 6.08. The number of hydrogen-bond acceptors (Lipinski definition) is 6. The molecule has 0 unspecified atom stereocenters. The van der Waals surface area contributed by atoms with Gasteiger partial charge in [-0.2, -0.15) is 0 Å². The molecule has 0 N–H and O–H groups in total. The zero-order valence-electron chi connectivity index (χ0n) is 31.7. The molecule has 11 rings (SSSR count). The first-order valence-electron chi connectivity index (χ1n) is 19.6. The van der Waals surface area contributed by atoms with Crippen LogP contribution in [0.1, 0.15) is 0 Å². The van der Waals surface area contributed by atoms with Gasteiger partial charge in [-0.15, -0.1) is 0 Å². The van der Waals surface area contributed by atoms with Gasteiger partial charge in [0.1, 0.15) is 11.1 Å². The lowest BCUT2D eigenvalue weighted by molar-refractivity contribution is 0.655. The van der Waals surface area contributed by atoms with Crippen molar-refractivity contribution in [2.45, 2.75) is 0 Å². The van der Waals surface area contributed by atoms with Gasteiger partial charge < -0.3 is 4.42 Å². The molecule has 3 heterocycles. The summed E-state index contributed by atoms with van der Waals surface area (Å²) in [6.45, 7) is 0. The highest BCUT2D eigenvalue weighted by Gasteiger charge is 2.15. The van der Waals surface area contributed by atoms with Crippen LogP contribution in [0.2, 0.25) is 0 Å². The molecular weight excluding hydrogens is 723 g/mol. The summed E-state index contributed by atoms with van der Waals surface area (Å²) >= 11 is 0. The predicted molar refractivity (Wildman–Crippen MR) is 238 cm³/mol. The van der Waals surface area contributed by atoms with E-state index in [9.17, 15) is 0 Å². The van der Waals surface area contributed by atoms with Crippen molar-refractivity contribution in [3.05, 3.63) is 200 Å². The summed E-state index contributed by atoms with van der Waals surface area (Å²) < 4.78 is 6.08. The summed E-state index contributed by atoms with van der Waals surface area (Å²) in [5.74, 6) is 1.90. The normalized spacial score (nSPS) is 11.4. The van der Waals surface area contributed by atoms with Crippen LogP contribution in [-0.2, 0) is 0 Å². The van der Waals surface area contributed by atoms with E-state index < -0.39 is 0 Å². The van der Waals surface area contributed by atoms with E-state index >= 15 is 0 Å². The number of hydrogen-bond donors (Lipinski definition) is 0. The molecule has 0 amide bonds. The molecule has 6 heteroatoms. The number of para-hydroxylation sites is 2. The second-order valence-corrected chi connectivity index (χ2v) is 14.5. The number of fused-ring (bicyclic) bond motifs is 4. The molecule has 0 aliphatic heterocycles. The Bertz CT molecular complexity index is 3290. The molecule has 59 heavy (non-hydrogen) atoms. The fraction of sp³-hybridized carbons (Fsp3) is 0. The zero-order chi connectivity index (χ0) is 39.1. The summed E-state index contributed by atoms with van der Waals surface area (Å²) in [5.41, 5.74) is 15.6. The van der Waals surface area contributed by atoms with Gasteiger partial charge in [0.15, 0.2) is 17.5 Å². The monoisotopic (exact) mass is 755 g/mol. The third-order valence-corrected chi connectivity index (χ3v) is 10.8. The van der Waals surface area contributed by atoms with Gasteiger partial charge in [0.2, 0.25) is 5.71 Å². The summed E-state index contributed by atoms with van der Waals surface area (Å²) in [6, 6.07) is 68.8. The number of nitrogens with zero attached hydrogens (tertiary/aromatic N) is 5. The van der Waals surface area contributed by atoms with Gasteiger partial charge in [-0.05, 0) is 74.8 Å². The van der Waals surface area contributed by atoms with Gasteiger partial charge in [-0.1, -0.05) is 170 Å². The first kappa shape index (κ1) is 34.2. The average Bonchev–Trinajstić information content (AvgIpc) is 3.68. The summed E-state index contributed by atoms with van der Waals surface area (Å²) in [6.07, 6.45) is 0. The average molecular weight is 756 g/mol. The quantitative estimate of drug-likeness (QED) is 0.161. The van der Waals surface area contributed by atoms with Gasteiger partial charge in [-0.25, -0.2) is 24.9 Å². The molecule has 276 valence electrons. The van der Waals surface area contributed by atoms with Crippen molar-refractivity contribution in [2.75, 3.05) is 0 Å². The van der Waals surface area contributed by atoms with E-state index in [4.69, 9.17) is 29.3 Å². The van der Waals surface area contributed by atoms with Crippen LogP contribution in [0.15, 0.2) is 205 Å². The highest BCUT2D eigenvalue weighted by Crippen LogP contribution is 2.34. The van der Waals surface area contributed by atoms with E-state index in [1.165, 1.54) is 5.56 Å². The second-order valence-electron chi connectivity index (χ2n) is 14.5. The van der Waals surface area contributed by atoms with Crippen molar-refractivity contribution in [3.63, 3.8) is 0 Å². The number of rotatable bonds is 7. The van der Waals surface area contributed by atoms with E-state index in [1.807, 2.05) is 66.7 Å². The SMILES string of the molecule is c1ccc(-c2ccc(-c3nc(-c4ccccc4)nc(-c4ccc(-c5cccc(-c6ccc(-c7ccc8oc9nc%10ccccc%10nc9c8c7)cc6)c5)cc4)n3)cc2)cc1. The fourth-order valence-corrected chi connectivity index (χ4v) is 7.66. The third kappa shape index (κ3) is 6.58. The minimum atomic E-state index is 0.554. The van der Waals surface area contributed by atoms with Gasteiger partial charge >= 0.3 is 0 Å². The van der Waals surface area contributed by atoms with Crippen molar-refractivity contribution >= 4 is 33.2 Å². The van der Waals surface area contributed by atoms with Crippen LogP contribution in [-0.4, -0.2) is 24.9 Å². The molecule has 0 saturated carbocycles. The van der Waals surface area contributed by atoms with Gasteiger partial charge in [-0.3, -0.25) is 0 Å². The van der Waals surface area contributed by atoms with Gasteiger partial charge in [0, 0.05) is 22.1 Å². The smallest absolute Gasteiger partial charge is 0.246 e. The largest absolute Gasteiger partial charge is 0.436 e. The maximum absolute atomic E-state index is 6.08. The van der Waals surface area contributed by atoms with E-state index in [0.717, 1.165) is 83.2 Å². The minimum Gasteiger partial charge on any atom is -0.436 e.